The molecule has 16 heavy (non-hydrogen) atoms. The maximum Gasteiger partial charge on any atom is 0.0464 e. The van der Waals surface area contributed by atoms with Crippen LogP contribution in [0.4, 0.5) is 0 Å². The summed E-state index contributed by atoms with van der Waals surface area (Å²) in [5, 5.41) is 4.89. The third-order valence-corrected chi connectivity index (χ3v) is 4.85. The number of hydrogen-bond donors (Lipinski definition) is 1. The first-order chi connectivity index (χ1) is 7.63. The number of thioether (sulfide) groups is 1. The zero-order valence-corrected chi connectivity index (χ0v) is 11.7. The molecule has 1 N–H and O–H groups in total. The van der Waals surface area contributed by atoms with Gasteiger partial charge < -0.3 is 5.32 Å². The Balaban J connectivity index is 2.53. The molecule has 1 aliphatic heterocycles. The molecule has 0 fully saturated rings. The van der Waals surface area contributed by atoms with Gasteiger partial charge in [-0.3, -0.25) is 0 Å². The second-order valence-corrected chi connectivity index (χ2v) is 6.09. The van der Waals surface area contributed by atoms with Crippen molar-refractivity contribution < 1.29 is 0 Å². The zero-order valence-electron chi connectivity index (χ0n) is 9.39. The summed E-state index contributed by atoms with van der Waals surface area (Å²) in [5.74, 6) is 2.72. The van der Waals surface area contributed by atoms with Crippen molar-refractivity contribution in [2.75, 3.05) is 12.8 Å². The smallest absolute Gasteiger partial charge is 0.0464 e. The van der Waals surface area contributed by atoms with Crippen LogP contribution in [0, 0.1) is 5.92 Å². The summed E-state index contributed by atoms with van der Waals surface area (Å²) >= 11 is 14.3. The van der Waals surface area contributed by atoms with Crippen molar-refractivity contribution in [1.29, 1.82) is 0 Å². The first kappa shape index (κ1) is 12.6. The zero-order chi connectivity index (χ0) is 11.7. The average molecular weight is 276 g/mol. The average Bonchev–Trinajstić information content (AvgIpc) is 2.37. The summed E-state index contributed by atoms with van der Waals surface area (Å²) in [5.41, 5.74) is 2.50. The van der Waals surface area contributed by atoms with Gasteiger partial charge in [0.2, 0.25) is 0 Å². The van der Waals surface area contributed by atoms with Crippen LogP contribution in [0.2, 0.25) is 10.0 Å². The summed E-state index contributed by atoms with van der Waals surface area (Å²) in [6.45, 7) is 2.26. The second-order valence-electron chi connectivity index (χ2n) is 4.21. The highest BCUT2D eigenvalue weighted by atomic mass is 35.5. The van der Waals surface area contributed by atoms with Crippen LogP contribution in [0.5, 0.6) is 0 Å². The molecule has 0 amide bonds. The minimum Gasteiger partial charge on any atom is -0.313 e. The third kappa shape index (κ3) is 2.35. The minimum absolute atomic E-state index is 0.348. The van der Waals surface area contributed by atoms with Crippen LogP contribution in [0.25, 0.3) is 0 Å². The molecule has 2 rings (SSSR count). The Morgan fingerprint density at radius 2 is 2.12 bits per heavy atom. The van der Waals surface area contributed by atoms with Gasteiger partial charge in [-0.05, 0) is 42.0 Å². The molecule has 0 aromatic heterocycles. The topological polar surface area (TPSA) is 12.0 Å². The minimum atomic E-state index is 0.348. The highest BCUT2D eigenvalue weighted by Gasteiger charge is 2.25. The van der Waals surface area contributed by atoms with Gasteiger partial charge >= 0.3 is 0 Å². The molecule has 1 nitrogen and oxygen atoms in total. The molecule has 0 aliphatic carbocycles. The van der Waals surface area contributed by atoms with E-state index in [9.17, 15) is 0 Å². The molecule has 1 aliphatic rings. The van der Waals surface area contributed by atoms with E-state index in [1.165, 1.54) is 11.1 Å². The number of rotatable bonds is 1. The Morgan fingerprint density at radius 3 is 2.81 bits per heavy atom. The lowest BCUT2D eigenvalue weighted by Gasteiger charge is -2.23. The highest BCUT2D eigenvalue weighted by Crippen LogP contribution is 2.38. The van der Waals surface area contributed by atoms with Gasteiger partial charge in [0.1, 0.15) is 0 Å². The van der Waals surface area contributed by atoms with Gasteiger partial charge in [0.05, 0.1) is 0 Å². The summed E-state index contributed by atoms with van der Waals surface area (Å²) in [4.78, 5) is 0. The van der Waals surface area contributed by atoms with E-state index >= 15 is 0 Å². The lowest BCUT2D eigenvalue weighted by molar-refractivity contribution is 0.450. The van der Waals surface area contributed by atoms with E-state index in [1.54, 1.807) is 0 Å². The summed E-state index contributed by atoms with van der Waals surface area (Å²) < 4.78 is 0. The molecule has 1 aromatic rings. The largest absolute Gasteiger partial charge is 0.313 e. The van der Waals surface area contributed by atoms with Gasteiger partial charge in [-0.25, -0.2) is 0 Å². The monoisotopic (exact) mass is 275 g/mol. The lowest BCUT2D eigenvalue weighted by Crippen LogP contribution is -2.24. The molecular formula is C12H15Cl2NS. The van der Waals surface area contributed by atoms with Gasteiger partial charge in [-0.2, -0.15) is 11.8 Å². The summed E-state index contributed by atoms with van der Waals surface area (Å²) in [7, 11) is 2.00. The molecule has 0 radical (unpaired) electrons. The van der Waals surface area contributed by atoms with Crippen molar-refractivity contribution in [3.05, 3.63) is 33.3 Å². The van der Waals surface area contributed by atoms with Gasteiger partial charge in [-0.15, -0.1) is 0 Å². The first-order valence-electron chi connectivity index (χ1n) is 5.36. The summed E-state index contributed by atoms with van der Waals surface area (Å²) in [6.07, 6.45) is 0. The van der Waals surface area contributed by atoms with Crippen LogP contribution >= 0.6 is 35.0 Å². The first-order valence-corrected chi connectivity index (χ1v) is 7.27. The Kier molecular flexibility index (Phi) is 4.06. The quantitative estimate of drug-likeness (QED) is 0.827. The predicted octanol–water partition coefficient (Wildman–Crippen LogP) is 4.14. The lowest BCUT2D eigenvalue weighted by atomic mass is 9.93. The van der Waals surface area contributed by atoms with Gasteiger partial charge in [0.25, 0.3) is 0 Å². The Labute approximate surface area is 111 Å². The van der Waals surface area contributed by atoms with Gasteiger partial charge in [0, 0.05) is 21.8 Å². The fourth-order valence-corrected chi connectivity index (χ4v) is 4.11. The molecule has 0 saturated heterocycles. The molecular weight excluding hydrogens is 261 g/mol. The van der Waals surface area contributed by atoms with Gasteiger partial charge in [-0.1, -0.05) is 30.1 Å². The van der Waals surface area contributed by atoms with Crippen molar-refractivity contribution >= 4 is 35.0 Å². The Hall–Kier alpha value is 0.110. The van der Waals surface area contributed by atoms with Crippen LogP contribution in [0.3, 0.4) is 0 Å². The van der Waals surface area contributed by atoms with E-state index in [4.69, 9.17) is 23.2 Å². The van der Waals surface area contributed by atoms with Crippen molar-refractivity contribution in [3.63, 3.8) is 0 Å². The molecule has 88 valence electrons. The van der Waals surface area contributed by atoms with E-state index in [2.05, 4.69) is 12.2 Å². The van der Waals surface area contributed by atoms with Crippen molar-refractivity contribution in [1.82, 2.24) is 5.32 Å². The van der Waals surface area contributed by atoms with Gasteiger partial charge in [0.15, 0.2) is 0 Å². The van der Waals surface area contributed by atoms with Crippen LogP contribution in [-0.2, 0) is 5.75 Å². The molecule has 1 aromatic carbocycles. The maximum absolute atomic E-state index is 6.26. The molecule has 0 bridgehead atoms. The van der Waals surface area contributed by atoms with E-state index in [0.29, 0.717) is 12.0 Å². The number of nitrogens with one attached hydrogen (secondary N) is 1. The molecule has 0 saturated carbocycles. The highest BCUT2D eigenvalue weighted by molar-refractivity contribution is 7.98. The number of benzene rings is 1. The SMILES string of the molecule is CNC1c2cc(Cl)cc(Cl)c2CSCC1C. The standard InChI is InChI=1S/C12H15Cl2NS/c1-7-5-16-6-10-9(12(7)15-2)3-8(13)4-11(10)14/h3-4,7,12,15H,5-6H2,1-2H3. The maximum atomic E-state index is 6.26. The van der Waals surface area contributed by atoms with E-state index in [0.717, 1.165) is 21.6 Å². The fourth-order valence-electron chi connectivity index (χ4n) is 2.24. The van der Waals surface area contributed by atoms with Crippen molar-refractivity contribution in [2.24, 2.45) is 5.92 Å². The Morgan fingerprint density at radius 1 is 1.38 bits per heavy atom. The molecule has 1 heterocycles. The van der Waals surface area contributed by atoms with E-state index in [-0.39, 0.29) is 0 Å². The van der Waals surface area contributed by atoms with Crippen LogP contribution in [0.15, 0.2) is 12.1 Å². The third-order valence-electron chi connectivity index (χ3n) is 3.04. The summed E-state index contributed by atoms with van der Waals surface area (Å²) in [6, 6.07) is 4.23. The molecule has 2 atom stereocenters. The normalized spacial score (nSPS) is 25.0. The van der Waals surface area contributed by atoms with Crippen LogP contribution in [-0.4, -0.2) is 12.8 Å². The Bertz CT molecular complexity index is 395. The van der Waals surface area contributed by atoms with Crippen molar-refractivity contribution in [2.45, 2.75) is 18.7 Å². The van der Waals surface area contributed by atoms with E-state index < -0.39 is 0 Å². The fraction of sp³-hybridized carbons (Fsp3) is 0.500. The number of fused-ring (bicyclic) bond motifs is 1. The van der Waals surface area contributed by atoms with Crippen LogP contribution < -0.4 is 5.32 Å². The van der Waals surface area contributed by atoms with E-state index in [1.807, 2.05) is 30.9 Å². The van der Waals surface area contributed by atoms with Crippen LogP contribution in [0.1, 0.15) is 24.1 Å². The predicted molar refractivity (Wildman–Crippen MR) is 73.6 cm³/mol. The number of hydrogen-bond acceptors (Lipinski definition) is 2. The second kappa shape index (κ2) is 5.18. The van der Waals surface area contributed by atoms with Crippen molar-refractivity contribution in [3.8, 4) is 0 Å². The molecule has 0 spiro atoms. The molecule has 2 unspecified atom stereocenters. The molecule has 4 heteroatoms. The number of halogens is 2.